The van der Waals surface area contributed by atoms with E-state index in [-0.39, 0.29) is 0 Å². The smallest absolute Gasteiger partial charge is 0.124 e. The maximum Gasteiger partial charge on any atom is 0.124 e. The Morgan fingerprint density at radius 3 is 2.65 bits per heavy atom. The first kappa shape index (κ1) is 13.8. The maximum atomic E-state index is 8.97. The highest BCUT2D eigenvalue weighted by Gasteiger charge is 2.05. The van der Waals surface area contributed by atoms with E-state index in [1.165, 1.54) is 0 Å². The van der Waals surface area contributed by atoms with E-state index in [0.29, 0.717) is 23.7 Å². The Labute approximate surface area is 118 Å². The van der Waals surface area contributed by atoms with E-state index in [1.54, 1.807) is 25.3 Å². The van der Waals surface area contributed by atoms with Crippen molar-refractivity contribution in [1.82, 2.24) is 0 Å². The second-order valence-corrected chi connectivity index (χ2v) is 4.43. The third-order valence-electron chi connectivity index (χ3n) is 3.13. The Bertz CT molecular complexity index is 660. The van der Waals surface area contributed by atoms with Crippen molar-refractivity contribution in [3.63, 3.8) is 0 Å². The summed E-state index contributed by atoms with van der Waals surface area (Å²) in [5, 5.41) is 8.97. The predicted octanol–water partition coefficient (Wildman–Crippen LogP) is 3.04. The van der Waals surface area contributed by atoms with Gasteiger partial charge in [0.05, 0.1) is 18.7 Å². The van der Waals surface area contributed by atoms with E-state index in [4.69, 9.17) is 20.5 Å². The fourth-order valence-electron chi connectivity index (χ4n) is 1.86. The largest absolute Gasteiger partial charge is 0.497 e. The summed E-state index contributed by atoms with van der Waals surface area (Å²) in [6.45, 7) is 2.36. The average Bonchev–Trinajstić information content (AvgIpc) is 2.48. The van der Waals surface area contributed by atoms with E-state index in [9.17, 15) is 0 Å². The Hall–Kier alpha value is -2.67. The molecule has 0 heterocycles. The molecule has 2 rings (SSSR count). The van der Waals surface area contributed by atoms with E-state index in [1.807, 2.05) is 25.1 Å². The van der Waals surface area contributed by atoms with Gasteiger partial charge in [0.2, 0.25) is 0 Å². The van der Waals surface area contributed by atoms with Crippen molar-refractivity contribution in [1.29, 1.82) is 5.26 Å². The van der Waals surface area contributed by atoms with Gasteiger partial charge >= 0.3 is 0 Å². The van der Waals surface area contributed by atoms with E-state index >= 15 is 0 Å². The summed E-state index contributed by atoms with van der Waals surface area (Å²) in [5.74, 6) is 1.20. The van der Waals surface area contributed by atoms with Crippen molar-refractivity contribution >= 4 is 5.69 Å². The van der Waals surface area contributed by atoms with Gasteiger partial charge in [-0.25, -0.2) is 0 Å². The number of hydrogen-bond donors (Lipinski definition) is 1. The van der Waals surface area contributed by atoms with Gasteiger partial charge in [-0.3, -0.25) is 0 Å². The molecular weight excluding hydrogens is 252 g/mol. The third kappa shape index (κ3) is 3.01. The second kappa shape index (κ2) is 5.98. The fourth-order valence-corrected chi connectivity index (χ4v) is 1.86. The highest BCUT2D eigenvalue weighted by Crippen LogP contribution is 2.24. The van der Waals surface area contributed by atoms with Crippen LogP contribution in [-0.4, -0.2) is 7.11 Å². The van der Waals surface area contributed by atoms with Crippen LogP contribution in [0.3, 0.4) is 0 Å². The van der Waals surface area contributed by atoms with Gasteiger partial charge in [-0.2, -0.15) is 5.26 Å². The van der Waals surface area contributed by atoms with Gasteiger partial charge in [0, 0.05) is 11.8 Å². The molecule has 0 radical (unpaired) electrons. The molecule has 4 heteroatoms. The first-order chi connectivity index (χ1) is 9.63. The van der Waals surface area contributed by atoms with E-state index < -0.39 is 0 Å². The lowest BCUT2D eigenvalue weighted by molar-refractivity contribution is 0.303. The molecule has 2 N–H and O–H groups in total. The molecule has 0 spiro atoms. The summed E-state index contributed by atoms with van der Waals surface area (Å²) in [6.07, 6.45) is 0. The van der Waals surface area contributed by atoms with Crippen LogP contribution in [0.5, 0.6) is 11.5 Å². The van der Waals surface area contributed by atoms with Crippen LogP contribution in [0.1, 0.15) is 16.7 Å². The molecule has 2 aromatic rings. The van der Waals surface area contributed by atoms with Crippen molar-refractivity contribution in [3.8, 4) is 17.6 Å². The Morgan fingerprint density at radius 2 is 1.95 bits per heavy atom. The normalized spacial score (nSPS) is 9.85. The summed E-state index contributed by atoms with van der Waals surface area (Å²) in [4.78, 5) is 0. The van der Waals surface area contributed by atoms with Gasteiger partial charge in [0.15, 0.2) is 0 Å². The van der Waals surface area contributed by atoms with Crippen LogP contribution in [-0.2, 0) is 6.61 Å². The van der Waals surface area contributed by atoms with Gasteiger partial charge in [-0.1, -0.05) is 12.1 Å². The summed E-state index contributed by atoms with van der Waals surface area (Å²) >= 11 is 0. The maximum absolute atomic E-state index is 8.97. The number of nitrogen functional groups attached to an aromatic ring is 1. The molecule has 0 aliphatic carbocycles. The average molecular weight is 268 g/mol. The third-order valence-corrected chi connectivity index (χ3v) is 3.13. The first-order valence-corrected chi connectivity index (χ1v) is 6.20. The zero-order chi connectivity index (χ0) is 14.5. The molecule has 0 unspecified atom stereocenters. The molecule has 0 amide bonds. The number of nitrogens with zero attached hydrogens (tertiary/aromatic N) is 1. The van der Waals surface area contributed by atoms with Gasteiger partial charge in [-0.05, 0) is 36.2 Å². The zero-order valence-corrected chi connectivity index (χ0v) is 11.5. The molecule has 2 aromatic carbocycles. The molecular formula is C16H16N2O2. The number of benzene rings is 2. The molecule has 0 aromatic heterocycles. The molecule has 20 heavy (non-hydrogen) atoms. The summed E-state index contributed by atoms with van der Waals surface area (Å²) in [5.41, 5.74) is 9.14. The van der Waals surface area contributed by atoms with Crippen molar-refractivity contribution in [3.05, 3.63) is 53.1 Å². The van der Waals surface area contributed by atoms with Crippen LogP contribution in [0.15, 0.2) is 36.4 Å². The Morgan fingerprint density at radius 1 is 1.20 bits per heavy atom. The SMILES string of the molecule is COc1cc(C#N)cc(OCc2cccc(N)c2C)c1. The number of methoxy groups -OCH3 is 1. The number of anilines is 1. The van der Waals surface area contributed by atoms with Gasteiger partial charge in [-0.15, -0.1) is 0 Å². The summed E-state index contributed by atoms with van der Waals surface area (Å²) < 4.78 is 10.9. The van der Waals surface area contributed by atoms with Crippen LogP contribution in [0, 0.1) is 18.3 Å². The molecule has 0 aliphatic heterocycles. The standard InChI is InChI=1S/C16H16N2O2/c1-11-13(4-3-5-16(11)18)10-20-15-7-12(9-17)6-14(8-15)19-2/h3-8H,10,18H2,1-2H3. The monoisotopic (exact) mass is 268 g/mol. The fraction of sp³-hybridized carbons (Fsp3) is 0.188. The zero-order valence-electron chi connectivity index (χ0n) is 11.5. The van der Waals surface area contributed by atoms with E-state index in [2.05, 4.69) is 6.07 Å². The van der Waals surface area contributed by atoms with Crippen molar-refractivity contribution < 1.29 is 9.47 Å². The number of nitrogens with two attached hydrogens (primary N) is 1. The van der Waals surface area contributed by atoms with E-state index in [0.717, 1.165) is 16.8 Å². The highest BCUT2D eigenvalue weighted by atomic mass is 16.5. The molecule has 102 valence electrons. The number of hydrogen-bond acceptors (Lipinski definition) is 4. The molecule has 4 nitrogen and oxygen atoms in total. The van der Waals surface area contributed by atoms with Crippen molar-refractivity contribution in [2.24, 2.45) is 0 Å². The van der Waals surface area contributed by atoms with Crippen molar-refractivity contribution in [2.75, 3.05) is 12.8 Å². The van der Waals surface area contributed by atoms with Gasteiger partial charge < -0.3 is 15.2 Å². The topological polar surface area (TPSA) is 68.3 Å². The summed E-state index contributed by atoms with van der Waals surface area (Å²) in [6, 6.07) is 12.9. The lowest BCUT2D eigenvalue weighted by atomic mass is 10.1. The molecule has 0 aliphatic rings. The number of ether oxygens (including phenoxy) is 2. The molecule has 0 saturated heterocycles. The quantitative estimate of drug-likeness (QED) is 0.865. The van der Waals surface area contributed by atoms with Crippen LogP contribution in [0.25, 0.3) is 0 Å². The van der Waals surface area contributed by atoms with Gasteiger partial charge in [0.25, 0.3) is 0 Å². The molecule has 0 atom stereocenters. The Kier molecular flexibility index (Phi) is 4.11. The van der Waals surface area contributed by atoms with Crippen LogP contribution < -0.4 is 15.2 Å². The van der Waals surface area contributed by atoms with Crippen molar-refractivity contribution in [2.45, 2.75) is 13.5 Å². The molecule has 0 bridgehead atoms. The van der Waals surface area contributed by atoms with Crippen LogP contribution in [0.2, 0.25) is 0 Å². The number of rotatable bonds is 4. The minimum absolute atomic E-state index is 0.398. The van der Waals surface area contributed by atoms with Crippen LogP contribution >= 0.6 is 0 Å². The first-order valence-electron chi connectivity index (χ1n) is 6.20. The lowest BCUT2D eigenvalue weighted by Gasteiger charge is -2.11. The second-order valence-electron chi connectivity index (χ2n) is 4.43. The van der Waals surface area contributed by atoms with Gasteiger partial charge in [0.1, 0.15) is 18.1 Å². The minimum Gasteiger partial charge on any atom is -0.497 e. The number of nitriles is 1. The minimum atomic E-state index is 0.398. The Balaban J connectivity index is 2.19. The molecule has 0 saturated carbocycles. The highest BCUT2D eigenvalue weighted by molar-refractivity contribution is 5.50. The molecule has 0 fully saturated rings. The summed E-state index contributed by atoms with van der Waals surface area (Å²) in [7, 11) is 1.56. The predicted molar refractivity (Wildman–Crippen MR) is 77.6 cm³/mol. The van der Waals surface area contributed by atoms with Crippen LogP contribution in [0.4, 0.5) is 5.69 Å². The lowest BCUT2D eigenvalue weighted by Crippen LogP contribution is -2.01.